The van der Waals surface area contributed by atoms with E-state index in [1.54, 1.807) is 5.57 Å². The second-order valence-corrected chi connectivity index (χ2v) is 19.6. The molecule has 0 N–H and O–H groups in total. The lowest BCUT2D eigenvalue weighted by atomic mass is 9.33. The zero-order valence-corrected chi connectivity index (χ0v) is 34.3. The van der Waals surface area contributed by atoms with Gasteiger partial charge < -0.3 is 28.4 Å². The van der Waals surface area contributed by atoms with Crippen LogP contribution in [0.15, 0.2) is 11.6 Å². The van der Waals surface area contributed by atoms with Gasteiger partial charge in [-0.25, -0.2) is 0 Å². The van der Waals surface area contributed by atoms with E-state index in [1.165, 1.54) is 40.7 Å². The van der Waals surface area contributed by atoms with Crippen LogP contribution in [0.1, 0.15) is 140 Å². The Balaban J connectivity index is 1.24. The fourth-order valence-corrected chi connectivity index (χ4v) is 13.2. The van der Waals surface area contributed by atoms with Crippen LogP contribution in [0.4, 0.5) is 0 Å². The Morgan fingerprint density at radius 2 is 1.49 bits per heavy atom. The molecule has 0 amide bonds. The summed E-state index contributed by atoms with van der Waals surface area (Å²) < 4.78 is 35.1. The first kappa shape index (κ1) is 40.2. The summed E-state index contributed by atoms with van der Waals surface area (Å²) in [6.07, 6.45) is 9.78. The molecule has 1 heterocycles. The zero-order chi connectivity index (χ0) is 38.9. The van der Waals surface area contributed by atoms with Crippen molar-refractivity contribution in [3.05, 3.63) is 11.6 Å². The van der Waals surface area contributed by atoms with Crippen molar-refractivity contribution in [3.8, 4) is 0 Å². The van der Waals surface area contributed by atoms with Crippen molar-refractivity contribution in [2.75, 3.05) is 13.7 Å². The monoisotopic (exact) mass is 742 g/mol. The van der Waals surface area contributed by atoms with E-state index in [0.717, 1.165) is 51.4 Å². The van der Waals surface area contributed by atoms with Gasteiger partial charge in [-0.1, -0.05) is 53.2 Å². The van der Waals surface area contributed by atoms with Crippen LogP contribution in [0, 0.1) is 50.2 Å². The molecule has 4 saturated carbocycles. The van der Waals surface area contributed by atoms with E-state index >= 15 is 0 Å². The van der Waals surface area contributed by atoms with Crippen LogP contribution in [0.5, 0.6) is 0 Å². The number of fused-ring (bicyclic) bond motifs is 7. The van der Waals surface area contributed by atoms with E-state index in [4.69, 9.17) is 28.4 Å². The van der Waals surface area contributed by atoms with Gasteiger partial charge in [-0.05, 0) is 116 Å². The number of rotatable bonds is 7. The molecule has 0 aromatic carbocycles. The maximum absolute atomic E-state index is 13.1. The summed E-state index contributed by atoms with van der Waals surface area (Å²) in [4.78, 5) is 49.1. The van der Waals surface area contributed by atoms with Gasteiger partial charge in [-0.3, -0.25) is 19.2 Å². The van der Waals surface area contributed by atoms with Gasteiger partial charge >= 0.3 is 23.9 Å². The van der Waals surface area contributed by atoms with Crippen molar-refractivity contribution in [2.24, 2.45) is 50.2 Å². The molecule has 0 radical (unpaired) electrons. The normalized spacial score (nSPS) is 45.8. The molecule has 6 aliphatic rings. The fourth-order valence-electron chi connectivity index (χ4n) is 13.2. The van der Waals surface area contributed by atoms with Crippen LogP contribution >= 0.6 is 0 Å². The molecule has 5 aliphatic carbocycles. The molecule has 53 heavy (non-hydrogen) atoms. The minimum absolute atomic E-state index is 0.0637. The SMILES string of the molecule is COC(=O)[C@@]1(C)CC[C@]2(C)CC[C@]3(C)C(=CC[C@@H]4[C@@]5(C)CC[C@H](O[C@H]6C[C@H](OC(C)=O)[C@@H](OC(C)=O)[C@H](COC(C)=O)O6)C(C)(C)C5CC[C@]43C)[C@@H]2C1. The first-order valence-corrected chi connectivity index (χ1v) is 20.2. The Kier molecular flexibility index (Phi) is 10.6. The third-order valence-electron chi connectivity index (χ3n) is 16.3. The van der Waals surface area contributed by atoms with E-state index in [-0.39, 0.29) is 52.2 Å². The van der Waals surface area contributed by atoms with Gasteiger partial charge in [-0.2, -0.15) is 0 Å². The van der Waals surface area contributed by atoms with Crippen LogP contribution in [0.3, 0.4) is 0 Å². The number of allylic oxidation sites excluding steroid dienone is 2. The van der Waals surface area contributed by atoms with Crippen molar-refractivity contribution in [1.29, 1.82) is 0 Å². The summed E-state index contributed by atoms with van der Waals surface area (Å²) in [7, 11) is 1.53. The van der Waals surface area contributed by atoms with E-state index in [9.17, 15) is 19.2 Å². The van der Waals surface area contributed by atoms with Crippen molar-refractivity contribution in [1.82, 2.24) is 0 Å². The van der Waals surface area contributed by atoms with Crippen LogP contribution in [-0.2, 0) is 47.6 Å². The van der Waals surface area contributed by atoms with Gasteiger partial charge in [0.15, 0.2) is 12.4 Å². The molecule has 1 unspecified atom stereocenters. The first-order chi connectivity index (χ1) is 24.6. The maximum atomic E-state index is 13.1. The number of methoxy groups -OCH3 is 1. The van der Waals surface area contributed by atoms with E-state index in [2.05, 4.69) is 54.5 Å². The van der Waals surface area contributed by atoms with E-state index in [1.807, 2.05) is 0 Å². The van der Waals surface area contributed by atoms with Crippen molar-refractivity contribution in [2.45, 2.75) is 171 Å². The van der Waals surface area contributed by atoms with Gasteiger partial charge in [0.1, 0.15) is 18.8 Å². The third-order valence-corrected chi connectivity index (χ3v) is 16.3. The molecule has 1 saturated heterocycles. The van der Waals surface area contributed by atoms with Crippen LogP contribution in [-0.4, -0.2) is 68.3 Å². The standard InChI is InChI=1S/C43H66O10/c1-25(44)49-24-31-36(51-27(3)46)30(50-26(2)45)22-35(52-31)53-34-15-16-41(8)32(38(34,4)5)14-17-43(10)33(41)13-12-28-29-23-40(7,37(47)48-11)19-18-39(29,6)20-21-42(28,43)9/h12,29-36H,13-24H2,1-11H3/t29-,30-,31-,32?,33+,34-,35-,36+,39+,40-,41-,42+,43+/m0/s1. The molecule has 6 rings (SSSR count). The second kappa shape index (κ2) is 13.9. The molecule has 0 bridgehead atoms. The molecular formula is C43H66O10. The highest BCUT2D eigenvalue weighted by Gasteiger charge is 2.68. The lowest BCUT2D eigenvalue weighted by Gasteiger charge is -2.71. The van der Waals surface area contributed by atoms with Crippen molar-refractivity contribution >= 4 is 23.9 Å². The van der Waals surface area contributed by atoms with Crippen molar-refractivity contribution in [3.63, 3.8) is 0 Å². The third kappa shape index (κ3) is 6.67. The Bertz CT molecular complexity index is 1500. The first-order valence-electron chi connectivity index (χ1n) is 20.2. The van der Waals surface area contributed by atoms with Gasteiger partial charge in [0.25, 0.3) is 0 Å². The molecule has 0 aromatic heterocycles. The number of carbonyl (C=O) groups excluding carboxylic acids is 4. The predicted molar refractivity (Wildman–Crippen MR) is 197 cm³/mol. The fraction of sp³-hybridized carbons (Fsp3) is 0.860. The van der Waals surface area contributed by atoms with Crippen molar-refractivity contribution < 1.29 is 47.6 Å². The highest BCUT2D eigenvalue weighted by atomic mass is 16.7. The summed E-state index contributed by atoms with van der Waals surface area (Å²) in [5.74, 6) is -0.280. The number of carbonyl (C=O) groups is 4. The predicted octanol–water partition coefficient (Wildman–Crippen LogP) is 7.89. The molecule has 298 valence electrons. The summed E-state index contributed by atoms with van der Waals surface area (Å²) in [6, 6.07) is 0. The Labute approximate surface area is 317 Å². The molecule has 0 aromatic rings. The maximum Gasteiger partial charge on any atom is 0.311 e. The highest BCUT2D eigenvalue weighted by Crippen LogP contribution is 2.76. The van der Waals surface area contributed by atoms with Gasteiger partial charge in [0, 0.05) is 27.2 Å². The number of hydrogen-bond acceptors (Lipinski definition) is 10. The van der Waals surface area contributed by atoms with Crippen LogP contribution in [0.25, 0.3) is 0 Å². The number of ether oxygens (including phenoxy) is 6. The smallest absolute Gasteiger partial charge is 0.311 e. The summed E-state index contributed by atoms with van der Waals surface area (Å²) in [5, 5.41) is 0. The summed E-state index contributed by atoms with van der Waals surface area (Å²) in [5.41, 5.74) is 1.50. The van der Waals surface area contributed by atoms with E-state index < -0.39 is 47.9 Å². The number of esters is 4. The highest BCUT2D eigenvalue weighted by molar-refractivity contribution is 5.76. The average Bonchev–Trinajstić information content (AvgIpc) is 3.06. The largest absolute Gasteiger partial charge is 0.469 e. The molecule has 13 atom stereocenters. The summed E-state index contributed by atoms with van der Waals surface area (Å²) in [6.45, 7) is 20.8. The molecule has 1 aliphatic heterocycles. The Hall–Kier alpha value is -2.46. The van der Waals surface area contributed by atoms with Crippen LogP contribution < -0.4 is 0 Å². The van der Waals surface area contributed by atoms with Gasteiger partial charge in [0.2, 0.25) is 0 Å². The average molecular weight is 743 g/mol. The molecule has 0 spiro atoms. The molecule has 5 fully saturated rings. The zero-order valence-electron chi connectivity index (χ0n) is 34.3. The second-order valence-electron chi connectivity index (χ2n) is 19.6. The lowest BCUT2D eigenvalue weighted by Crippen LogP contribution is -2.65. The van der Waals surface area contributed by atoms with E-state index in [0.29, 0.717) is 17.8 Å². The minimum Gasteiger partial charge on any atom is -0.469 e. The van der Waals surface area contributed by atoms with Gasteiger partial charge in [0.05, 0.1) is 18.6 Å². The molecule has 10 nitrogen and oxygen atoms in total. The Morgan fingerprint density at radius 3 is 2.13 bits per heavy atom. The molecule has 10 heteroatoms. The Morgan fingerprint density at radius 1 is 0.811 bits per heavy atom. The topological polar surface area (TPSA) is 124 Å². The molecular weight excluding hydrogens is 676 g/mol. The lowest BCUT2D eigenvalue weighted by molar-refractivity contribution is -0.300. The van der Waals surface area contributed by atoms with Crippen LogP contribution in [0.2, 0.25) is 0 Å². The number of hydrogen-bond donors (Lipinski definition) is 0. The minimum atomic E-state index is -0.930. The summed E-state index contributed by atoms with van der Waals surface area (Å²) >= 11 is 0. The quantitative estimate of drug-likeness (QED) is 0.110. The van der Waals surface area contributed by atoms with Gasteiger partial charge in [-0.15, -0.1) is 0 Å².